The summed E-state index contributed by atoms with van der Waals surface area (Å²) in [5.74, 6) is 0. The number of hydrogen-bond acceptors (Lipinski definition) is 0. The first-order chi connectivity index (χ1) is 0. The van der Waals surface area contributed by atoms with Gasteiger partial charge in [-0.3, -0.25) is 0 Å². The summed E-state index contributed by atoms with van der Waals surface area (Å²) >= 11 is 0. The molecular weight excluding hydrogens is 329 g/mol. The fourth-order valence-electron chi connectivity index (χ4n) is 0. The van der Waals surface area contributed by atoms with Gasteiger partial charge in [-0.15, -0.1) is 0 Å². The molecule has 0 rings (SSSR count). The van der Waals surface area contributed by atoms with Gasteiger partial charge in [0.2, 0.25) is 0 Å². The Balaban J connectivity index is 0. The molecular formula is H9BBiOSiZn. The second-order valence-corrected chi connectivity index (χ2v) is 0. The Morgan fingerprint density at radius 3 is 1.00 bits per heavy atom. The summed E-state index contributed by atoms with van der Waals surface area (Å²) in [7, 11) is 0. The molecule has 0 aliphatic carbocycles. The second-order valence-electron chi connectivity index (χ2n) is 0. The average molecular weight is 338 g/mol. The van der Waals surface area contributed by atoms with Gasteiger partial charge in [0, 0.05) is 27.9 Å². The molecule has 5 heavy (non-hydrogen) atoms. The van der Waals surface area contributed by atoms with Crippen molar-refractivity contribution in [3.05, 3.63) is 0 Å². The SMILES string of the molecule is O.[B].[BiH3].[SiH4].[Zn]. The summed E-state index contributed by atoms with van der Waals surface area (Å²) in [6.07, 6.45) is 0. The van der Waals surface area contributed by atoms with Crippen molar-refractivity contribution in [1.29, 1.82) is 0 Å². The normalized spacial score (nSPS) is 0. The van der Waals surface area contributed by atoms with Gasteiger partial charge in [0.25, 0.3) is 0 Å². The van der Waals surface area contributed by atoms with E-state index in [9.17, 15) is 0 Å². The average Bonchev–Trinajstić information content (AvgIpc) is 0. The third-order valence-corrected chi connectivity index (χ3v) is 0. The van der Waals surface area contributed by atoms with E-state index in [0.29, 0.717) is 0 Å². The fourth-order valence-corrected chi connectivity index (χ4v) is 0. The molecule has 0 atom stereocenters. The minimum Gasteiger partial charge on any atom is -0.0149 e. The Morgan fingerprint density at radius 2 is 1.00 bits per heavy atom. The van der Waals surface area contributed by atoms with E-state index in [-0.39, 0.29) is 70.5 Å². The van der Waals surface area contributed by atoms with Gasteiger partial charge < -0.3 is 5.48 Å². The van der Waals surface area contributed by atoms with Crippen molar-refractivity contribution >= 4 is 45.6 Å². The summed E-state index contributed by atoms with van der Waals surface area (Å²) in [4.78, 5) is 0. The van der Waals surface area contributed by atoms with Crippen LogP contribution < -0.4 is 0 Å². The molecule has 3 radical (unpaired) electrons. The van der Waals surface area contributed by atoms with Gasteiger partial charge >= 0.3 is 26.2 Å². The van der Waals surface area contributed by atoms with Crippen LogP contribution in [0.25, 0.3) is 0 Å². The molecule has 0 heterocycles. The Kier molecular flexibility index (Phi) is 619. The van der Waals surface area contributed by atoms with Crippen molar-refractivity contribution in [2.24, 2.45) is 0 Å². The summed E-state index contributed by atoms with van der Waals surface area (Å²) in [5.41, 5.74) is 0. The molecule has 0 unspecified atom stereocenters. The standard InChI is InChI=1S/B.Bi.H2O.H4Si.Zn.3H/h;;1H2;1H4;;;;. The molecule has 29 valence electrons. The van der Waals surface area contributed by atoms with Gasteiger partial charge in [-0.2, -0.15) is 0 Å². The van der Waals surface area contributed by atoms with Crippen molar-refractivity contribution < 1.29 is 25.0 Å². The predicted octanol–water partition coefficient (Wildman–Crippen LogP) is -3.84. The van der Waals surface area contributed by atoms with E-state index in [0.717, 1.165) is 0 Å². The Bertz CT molecular complexity index is 11.6. The predicted molar refractivity (Wildman–Crippen MR) is 30.6 cm³/mol. The van der Waals surface area contributed by atoms with Gasteiger partial charge in [0.1, 0.15) is 0 Å². The van der Waals surface area contributed by atoms with E-state index in [1.807, 2.05) is 0 Å². The van der Waals surface area contributed by atoms with Crippen LogP contribution >= 0.6 is 0 Å². The van der Waals surface area contributed by atoms with Gasteiger partial charge in [0.05, 0.1) is 0 Å². The van der Waals surface area contributed by atoms with Crippen LogP contribution in [0.1, 0.15) is 0 Å². The minimum atomic E-state index is 0. The molecule has 0 fully saturated rings. The maximum Gasteiger partial charge on any atom is 0 e. The third-order valence-electron chi connectivity index (χ3n) is 0. The maximum atomic E-state index is 0. The van der Waals surface area contributed by atoms with Gasteiger partial charge in [-0.05, 0) is 11.0 Å². The fraction of sp³-hybridized carbons (Fsp3) is 0. The van der Waals surface area contributed by atoms with E-state index in [1.54, 1.807) is 0 Å². The molecule has 0 saturated heterocycles. The molecule has 0 aromatic rings. The van der Waals surface area contributed by atoms with Gasteiger partial charge in [-0.1, -0.05) is 0 Å². The van der Waals surface area contributed by atoms with Crippen molar-refractivity contribution in [2.75, 3.05) is 0 Å². The zero-order valence-electron chi connectivity index (χ0n) is 2.49. The number of rotatable bonds is 0. The molecule has 0 spiro atoms. The monoisotopic (exact) mass is 337 g/mol. The smallest absolute Gasteiger partial charge is 0 e. The molecule has 0 bridgehead atoms. The van der Waals surface area contributed by atoms with Crippen LogP contribution in [0.15, 0.2) is 0 Å². The summed E-state index contributed by atoms with van der Waals surface area (Å²) in [6.45, 7) is 0. The van der Waals surface area contributed by atoms with Crippen molar-refractivity contribution in [3.63, 3.8) is 0 Å². The van der Waals surface area contributed by atoms with Crippen molar-refractivity contribution in [3.8, 4) is 0 Å². The zero-order chi connectivity index (χ0) is 0. The molecule has 0 amide bonds. The quantitative estimate of drug-likeness (QED) is 0.405. The van der Waals surface area contributed by atoms with Crippen LogP contribution in [0.2, 0.25) is 0 Å². The van der Waals surface area contributed by atoms with E-state index >= 15 is 0 Å². The Labute approximate surface area is 70.1 Å². The second kappa shape index (κ2) is 42.4. The summed E-state index contributed by atoms with van der Waals surface area (Å²) in [5, 5.41) is 0. The molecule has 2 N–H and O–H groups in total. The van der Waals surface area contributed by atoms with Crippen LogP contribution in [0, 0.1) is 0 Å². The molecule has 1 nitrogen and oxygen atoms in total. The first-order valence-electron chi connectivity index (χ1n) is 0. The van der Waals surface area contributed by atoms with E-state index in [4.69, 9.17) is 0 Å². The Morgan fingerprint density at radius 1 is 1.00 bits per heavy atom. The van der Waals surface area contributed by atoms with Crippen molar-refractivity contribution in [1.82, 2.24) is 0 Å². The van der Waals surface area contributed by atoms with Crippen LogP contribution in [0.3, 0.4) is 0 Å². The first-order valence-corrected chi connectivity index (χ1v) is 0. The largest absolute Gasteiger partial charge is 0.0149 e. The van der Waals surface area contributed by atoms with E-state index < -0.39 is 0 Å². The zero-order valence-corrected chi connectivity index (χ0v) is 11.0. The molecule has 0 saturated carbocycles. The maximum absolute atomic E-state index is 0. The van der Waals surface area contributed by atoms with Crippen LogP contribution in [0.5, 0.6) is 0 Å². The third kappa shape index (κ3) is 26.4. The van der Waals surface area contributed by atoms with Gasteiger partial charge in [0.15, 0.2) is 0 Å². The van der Waals surface area contributed by atoms with Crippen LogP contribution in [0.4, 0.5) is 0 Å². The van der Waals surface area contributed by atoms with Crippen LogP contribution in [-0.2, 0) is 19.5 Å². The van der Waals surface area contributed by atoms with Crippen LogP contribution in [-0.4, -0.2) is 51.1 Å². The van der Waals surface area contributed by atoms with E-state index in [2.05, 4.69) is 0 Å². The molecule has 5 heteroatoms. The van der Waals surface area contributed by atoms with Gasteiger partial charge in [-0.25, -0.2) is 0 Å². The number of hydrogen-bond donors (Lipinski definition) is 0. The molecule has 0 aliphatic heterocycles. The summed E-state index contributed by atoms with van der Waals surface area (Å²) in [6, 6.07) is 0. The topological polar surface area (TPSA) is 31.5 Å². The Hall–Kier alpha value is 1.75. The molecule has 0 aromatic heterocycles. The summed E-state index contributed by atoms with van der Waals surface area (Å²) < 4.78 is 0. The van der Waals surface area contributed by atoms with E-state index in [1.165, 1.54) is 0 Å². The molecule has 0 aliphatic rings. The first kappa shape index (κ1) is 73.0. The minimum absolute atomic E-state index is 0. The van der Waals surface area contributed by atoms with Crippen molar-refractivity contribution in [2.45, 2.75) is 0 Å². The molecule has 0 aromatic carbocycles.